The lowest BCUT2D eigenvalue weighted by molar-refractivity contribution is 0.522. The second kappa shape index (κ2) is 6.87. The summed E-state index contributed by atoms with van der Waals surface area (Å²) in [6.45, 7) is 0. The van der Waals surface area contributed by atoms with Crippen molar-refractivity contribution in [2.45, 2.75) is 18.9 Å². The third kappa shape index (κ3) is 3.91. The number of nitrogens with two attached hydrogens (primary N) is 1. The molecule has 100 valence electrons. The van der Waals surface area contributed by atoms with Crippen molar-refractivity contribution in [2.24, 2.45) is 5.84 Å². The first-order chi connectivity index (χ1) is 9.20. The van der Waals surface area contributed by atoms with Crippen LogP contribution in [0.2, 0.25) is 10.0 Å². The van der Waals surface area contributed by atoms with Gasteiger partial charge in [0.25, 0.3) is 0 Å². The van der Waals surface area contributed by atoms with Crippen molar-refractivity contribution in [3.63, 3.8) is 0 Å². The van der Waals surface area contributed by atoms with Crippen molar-refractivity contribution in [1.82, 2.24) is 10.4 Å². The van der Waals surface area contributed by atoms with Crippen LogP contribution in [-0.4, -0.2) is 11.0 Å². The largest absolute Gasteiger partial charge is 0.271 e. The quantitative estimate of drug-likeness (QED) is 0.658. The van der Waals surface area contributed by atoms with E-state index in [9.17, 15) is 0 Å². The van der Waals surface area contributed by atoms with Crippen molar-refractivity contribution in [1.29, 1.82) is 0 Å². The van der Waals surface area contributed by atoms with Gasteiger partial charge in [0, 0.05) is 18.4 Å². The van der Waals surface area contributed by atoms with Crippen LogP contribution in [0.15, 0.2) is 42.7 Å². The van der Waals surface area contributed by atoms with Gasteiger partial charge in [-0.15, -0.1) is 0 Å². The maximum Gasteiger partial charge on any atom is 0.0624 e. The fourth-order valence-corrected chi connectivity index (χ4v) is 2.36. The molecule has 1 atom stereocenters. The number of pyridine rings is 1. The van der Waals surface area contributed by atoms with Crippen LogP contribution in [0.25, 0.3) is 0 Å². The number of aromatic nitrogens is 1. The zero-order valence-corrected chi connectivity index (χ0v) is 11.8. The lowest BCUT2D eigenvalue weighted by Gasteiger charge is -2.17. The van der Waals surface area contributed by atoms with Crippen molar-refractivity contribution in [3.8, 4) is 0 Å². The lowest BCUT2D eigenvalue weighted by atomic mass is 10.0. The summed E-state index contributed by atoms with van der Waals surface area (Å²) in [5.74, 6) is 5.61. The zero-order chi connectivity index (χ0) is 13.7. The topological polar surface area (TPSA) is 50.9 Å². The second-order valence-corrected chi connectivity index (χ2v) is 5.13. The fourth-order valence-electron chi connectivity index (χ4n) is 1.96. The summed E-state index contributed by atoms with van der Waals surface area (Å²) in [5.41, 5.74) is 4.93. The minimum atomic E-state index is 0.0835. The zero-order valence-electron chi connectivity index (χ0n) is 10.3. The molecule has 0 amide bonds. The van der Waals surface area contributed by atoms with Crippen molar-refractivity contribution in [2.75, 3.05) is 0 Å². The van der Waals surface area contributed by atoms with E-state index < -0.39 is 0 Å². The Labute approximate surface area is 122 Å². The predicted molar refractivity (Wildman–Crippen MR) is 79.2 cm³/mol. The van der Waals surface area contributed by atoms with E-state index in [2.05, 4.69) is 10.4 Å². The summed E-state index contributed by atoms with van der Waals surface area (Å²) >= 11 is 12.2. The van der Waals surface area contributed by atoms with Gasteiger partial charge in [0.2, 0.25) is 0 Å². The highest BCUT2D eigenvalue weighted by Crippen LogP contribution is 2.26. The molecule has 5 heteroatoms. The summed E-state index contributed by atoms with van der Waals surface area (Å²) in [4.78, 5) is 4.09. The van der Waals surface area contributed by atoms with E-state index in [4.69, 9.17) is 29.0 Å². The molecule has 0 saturated heterocycles. The third-order valence-electron chi connectivity index (χ3n) is 2.94. The monoisotopic (exact) mass is 295 g/mol. The summed E-state index contributed by atoms with van der Waals surface area (Å²) in [6.07, 6.45) is 5.09. The van der Waals surface area contributed by atoms with E-state index in [1.807, 2.05) is 30.5 Å². The average Bonchev–Trinajstić information content (AvgIpc) is 2.44. The number of hydrazine groups is 1. The Hall–Kier alpha value is -1.13. The first kappa shape index (κ1) is 14.3. The summed E-state index contributed by atoms with van der Waals surface area (Å²) in [5, 5.41) is 1.16. The van der Waals surface area contributed by atoms with Crippen LogP contribution in [0.4, 0.5) is 0 Å². The Morgan fingerprint density at radius 2 is 2.00 bits per heavy atom. The highest BCUT2D eigenvalue weighted by Gasteiger charge is 2.12. The van der Waals surface area contributed by atoms with E-state index in [1.165, 1.54) is 0 Å². The van der Waals surface area contributed by atoms with Crippen molar-refractivity contribution in [3.05, 3.63) is 63.9 Å². The van der Waals surface area contributed by atoms with Crippen LogP contribution in [-0.2, 0) is 12.8 Å². The van der Waals surface area contributed by atoms with Crippen LogP contribution in [0.1, 0.15) is 11.1 Å². The lowest BCUT2D eigenvalue weighted by Crippen LogP contribution is -2.38. The van der Waals surface area contributed by atoms with Gasteiger partial charge >= 0.3 is 0 Å². The molecule has 0 spiro atoms. The van der Waals surface area contributed by atoms with Gasteiger partial charge in [-0.3, -0.25) is 16.3 Å². The molecule has 0 aliphatic heterocycles. The smallest absolute Gasteiger partial charge is 0.0624 e. The molecule has 0 aliphatic carbocycles. The molecule has 1 unspecified atom stereocenters. The van der Waals surface area contributed by atoms with E-state index in [1.54, 1.807) is 12.3 Å². The summed E-state index contributed by atoms with van der Waals surface area (Å²) in [6, 6.07) is 9.65. The molecule has 0 bridgehead atoms. The van der Waals surface area contributed by atoms with Crippen LogP contribution < -0.4 is 11.3 Å². The number of nitrogens with one attached hydrogen (secondary N) is 1. The van der Waals surface area contributed by atoms with Crippen LogP contribution >= 0.6 is 23.2 Å². The molecular formula is C14H15Cl2N3. The molecule has 0 saturated carbocycles. The van der Waals surface area contributed by atoms with E-state index in [0.717, 1.165) is 17.5 Å². The van der Waals surface area contributed by atoms with Crippen molar-refractivity contribution >= 4 is 23.2 Å². The van der Waals surface area contributed by atoms with Gasteiger partial charge in [-0.05, 0) is 36.1 Å². The Morgan fingerprint density at radius 3 is 2.68 bits per heavy atom. The van der Waals surface area contributed by atoms with Crippen molar-refractivity contribution < 1.29 is 0 Å². The van der Waals surface area contributed by atoms with Gasteiger partial charge in [-0.2, -0.15) is 0 Å². The summed E-state index contributed by atoms with van der Waals surface area (Å²) < 4.78 is 0. The SMILES string of the molecule is NNC(Cc1cccnc1)Cc1cccc(Cl)c1Cl. The molecular weight excluding hydrogens is 281 g/mol. The number of halogens is 2. The van der Waals surface area contributed by atoms with E-state index >= 15 is 0 Å². The summed E-state index contributed by atoms with van der Waals surface area (Å²) in [7, 11) is 0. The Kier molecular flexibility index (Phi) is 5.16. The van der Waals surface area contributed by atoms with Crippen LogP contribution in [0, 0.1) is 0 Å². The first-order valence-electron chi connectivity index (χ1n) is 5.98. The van der Waals surface area contributed by atoms with Gasteiger partial charge in [0.1, 0.15) is 0 Å². The third-order valence-corrected chi connectivity index (χ3v) is 3.80. The van der Waals surface area contributed by atoms with Crippen LogP contribution in [0.3, 0.4) is 0 Å². The molecule has 0 aliphatic rings. The minimum absolute atomic E-state index is 0.0835. The molecule has 1 aromatic heterocycles. The fraction of sp³-hybridized carbons (Fsp3) is 0.214. The van der Waals surface area contributed by atoms with E-state index in [0.29, 0.717) is 16.5 Å². The predicted octanol–water partition coefficient (Wildman–Crippen LogP) is 3.01. The molecule has 0 fully saturated rings. The van der Waals surface area contributed by atoms with Gasteiger partial charge in [0.15, 0.2) is 0 Å². The average molecular weight is 296 g/mol. The standard InChI is InChI=1S/C14H15Cl2N3/c15-13-5-1-4-11(14(13)16)8-12(19-17)7-10-3-2-6-18-9-10/h1-6,9,12,19H,7-8,17H2. The maximum absolute atomic E-state index is 6.18. The molecule has 3 N–H and O–H groups in total. The number of rotatable bonds is 5. The molecule has 3 nitrogen and oxygen atoms in total. The highest BCUT2D eigenvalue weighted by atomic mass is 35.5. The molecule has 1 heterocycles. The van der Waals surface area contributed by atoms with E-state index in [-0.39, 0.29) is 6.04 Å². The van der Waals surface area contributed by atoms with Crippen LogP contribution in [0.5, 0.6) is 0 Å². The van der Waals surface area contributed by atoms with Gasteiger partial charge in [-0.1, -0.05) is 41.4 Å². The number of nitrogens with zero attached hydrogens (tertiary/aromatic N) is 1. The molecule has 0 radical (unpaired) electrons. The minimum Gasteiger partial charge on any atom is -0.271 e. The Balaban J connectivity index is 2.09. The molecule has 19 heavy (non-hydrogen) atoms. The molecule has 2 aromatic rings. The van der Waals surface area contributed by atoms with Gasteiger partial charge < -0.3 is 0 Å². The first-order valence-corrected chi connectivity index (χ1v) is 6.74. The molecule has 1 aromatic carbocycles. The Bertz CT molecular complexity index is 531. The number of hydrogen-bond donors (Lipinski definition) is 2. The number of benzene rings is 1. The molecule has 2 rings (SSSR count). The second-order valence-electron chi connectivity index (χ2n) is 4.35. The Morgan fingerprint density at radius 1 is 1.16 bits per heavy atom. The highest BCUT2D eigenvalue weighted by molar-refractivity contribution is 6.42. The number of hydrogen-bond acceptors (Lipinski definition) is 3. The van der Waals surface area contributed by atoms with Gasteiger partial charge in [-0.25, -0.2) is 0 Å². The van der Waals surface area contributed by atoms with Gasteiger partial charge in [0.05, 0.1) is 10.0 Å². The normalized spacial score (nSPS) is 12.4. The maximum atomic E-state index is 6.18.